The molecular formula is C16H34N2. The van der Waals surface area contributed by atoms with Gasteiger partial charge in [-0.25, -0.2) is 0 Å². The Morgan fingerprint density at radius 3 is 2.22 bits per heavy atom. The first-order chi connectivity index (χ1) is 8.48. The largest absolute Gasteiger partial charge is 0.313 e. The van der Waals surface area contributed by atoms with Crippen molar-refractivity contribution >= 4 is 0 Å². The third-order valence-corrected chi connectivity index (χ3v) is 4.82. The van der Waals surface area contributed by atoms with E-state index in [9.17, 15) is 0 Å². The van der Waals surface area contributed by atoms with Crippen molar-refractivity contribution in [3.8, 4) is 0 Å². The quantitative estimate of drug-likeness (QED) is 0.746. The van der Waals surface area contributed by atoms with Crippen LogP contribution < -0.4 is 5.32 Å². The molecule has 1 aliphatic carbocycles. The topological polar surface area (TPSA) is 15.3 Å². The molecule has 108 valence electrons. The molecule has 0 unspecified atom stereocenters. The van der Waals surface area contributed by atoms with Gasteiger partial charge in [0.05, 0.1) is 0 Å². The molecule has 0 aromatic carbocycles. The molecule has 0 aromatic rings. The number of nitrogens with one attached hydrogen (secondary N) is 1. The van der Waals surface area contributed by atoms with Gasteiger partial charge >= 0.3 is 0 Å². The summed E-state index contributed by atoms with van der Waals surface area (Å²) in [6.45, 7) is 11.7. The van der Waals surface area contributed by atoms with Gasteiger partial charge in [0.1, 0.15) is 0 Å². The fraction of sp³-hybridized carbons (Fsp3) is 1.00. The molecule has 0 aliphatic heterocycles. The van der Waals surface area contributed by atoms with E-state index in [-0.39, 0.29) is 0 Å². The highest BCUT2D eigenvalue weighted by Gasteiger charge is 2.28. The van der Waals surface area contributed by atoms with E-state index in [1.54, 1.807) is 0 Å². The van der Waals surface area contributed by atoms with Crippen LogP contribution in [-0.4, -0.2) is 37.1 Å². The molecule has 1 aliphatic rings. The first kappa shape index (κ1) is 16.0. The van der Waals surface area contributed by atoms with E-state index in [0.717, 1.165) is 12.6 Å². The molecule has 1 N–H and O–H groups in total. The van der Waals surface area contributed by atoms with E-state index < -0.39 is 0 Å². The van der Waals surface area contributed by atoms with Crippen molar-refractivity contribution in [1.82, 2.24) is 10.2 Å². The Bertz CT molecular complexity index is 211. The van der Waals surface area contributed by atoms with Gasteiger partial charge in [0.25, 0.3) is 0 Å². The Morgan fingerprint density at radius 1 is 1.17 bits per heavy atom. The minimum atomic E-state index is 0.588. The fourth-order valence-electron chi connectivity index (χ4n) is 3.03. The Labute approximate surface area is 115 Å². The maximum atomic E-state index is 3.66. The van der Waals surface area contributed by atoms with Crippen LogP contribution in [0.1, 0.15) is 66.2 Å². The zero-order valence-electron chi connectivity index (χ0n) is 13.3. The van der Waals surface area contributed by atoms with Crippen LogP contribution in [0.3, 0.4) is 0 Å². The van der Waals surface area contributed by atoms with Crippen molar-refractivity contribution in [2.45, 2.75) is 78.3 Å². The third kappa shape index (κ3) is 5.27. The van der Waals surface area contributed by atoms with Crippen molar-refractivity contribution in [3.63, 3.8) is 0 Å². The number of nitrogens with zero attached hydrogens (tertiary/aromatic N) is 1. The van der Waals surface area contributed by atoms with Gasteiger partial charge in [-0.05, 0) is 51.0 Å². The summed E-state index contributed by atoms with van der Waals surface area (Å²) in [5.74, 6) is 0. The zero-order valence-corrected chi connectivity index (χ0v) is 13.3. The average molecular weight is 254 g/mol. The van der Waals surface area contributed by atoms with E-state index >= 15 is 0 Å². The smallest absolute Gasteiger partial charge is 0.0107 e. The monoisotopic (exact) mass is 254 g/mol. The molecule has 1 saturated carbocycles. The minimum Gasteiger partial charge on any atom is -0.313 e. The Hall–Kier alpha value is -0.0800. The van der Waals surface area contributed by atoms with Crippen LogP contribution in [0.2, 0.25) is 0 Å². The molecule has 0 amide bonds. The SMILES string of the molecule is CCC(CC)NCCN(C)C1CCC(C)(C)CC1. The molecule has 0 spiro atoms. The minimum absolute atomic E-state index is 0.588. The van der Waals surface area contributed by atoms with Gasteiger partial charge in [-0.15, -0.1) is 0 Å². The van der Waals surface area contributed by atoms with Crippen LogP contribution >= 0.6 is 0 Å². The number of hydrogen-bond donors (Lipinski definition) is 1. The Balaban J connectivity index is 2.19. The highest BCUT2D eigenvalue weighted by molar-refractivity contribution is 4.83. The molecule has 0 heterocycles. The maximum Gasteiger partial charge on any atom is 0.0107 e. The Morgan fingerprint density at radius 2 is 1.72 bits per heavy atom. The molecule has 1 fully saturated rings. The summed E-state index contributed by atoms with van der Waals surface area (Å²) in [6, 6.07) is 1.53. The van der Waals surface area contributed by atoms with E-state index in [1.807, 2.05) is 0 Å². The molecule has 2 heteroatoms. The summed E-state index contributed by atoms with van der Waals surface area (Å²) in [5, 5.41) is 3.66. The Kier molecular flexibility index (Phi) is 6.65. The van der Waals surface area contributed by atoms with Crippen LogP contribution in [0.5, 0.6) is 0 Å². The molecular weight excluding hydrogens is 220 g/mol. The summed E-state index contributed by atoms with van der Waals surface area (Å²) in [5.41, 5.74) is 0.588. The lowest BCUT2D eigenvalue weighted by Gasteiger charge is -2.38. The van der Waals surface area contributed by atoms with Crippen LogP contribution in [0.15, 0.2) is 0 Å². The van der Waals surface area contributed by atoms with E-state index in [4.69, 9.17) is 0 Å². The van der Waals surface area contributed by atoms with Gasteiger partial charge in [0.15, 0.2) is 0 Å². The van der Waals surface area contributed by atoms with Crippen LogP contribution in [0.4, 0.5) is 0 Å². The fourth-order valence-corrected chi connectivity index (χ4v) is 3.03. The molecule has 0 aromatic heterocycles. The number of hydrogen-bond acceptors (Lipinski definition) is 2. The van der Waals surface area contributed by atoms with Crippen molar-refractivity contribution in [1.29, 1.82) is 0 Å². The van der Waals surface area contributed by atoms with Gasteiger partial charge < -0.3 is 10.2 Å². The van der Waals surface area contributed by atoms with Crippen LogP contribution in [0, 0.1) is 5.41 Å². The lowest BCUT2D eigenvalue weighted by molar-refractivity contribution is 0.127. The van der Waals surface area contributed by atoms with E-state index in [2.05, 4.69) is 45.0 Å². The normalized spacial score (nSPS) is 20.8. The average Bonchev–Trinajstić information content (AvgIpc) is 2.34. The van der Waals surface area contributed by atoms with E-state index in [1.165, 1.54) is 45.1 Å². The van der Waals surface area contributed by atoms with Crippen LogP contribution in [0.25, 0.3) is 0 Å². The summed E-state index contributed by atoms with van der Waals surface area (Å²) >= 11 is 0. The molecule has 0 bridgehead atoms. The van der Waals surface area contributed by atoms with Crippen molar-refractivity contribution in [2.75, 3.05) is 20.1 Å². The van der Waals surface area contributed by atoms with Crippen LogP contribution in [-0.2, 0) is 0 Å². The molecule has 0 saturated heterocycles. The van der Waals surface area contributed by atoms with Gasteiger partial charge in [-0.1, -0.05) is 27.7 Å². The number of likely N-dealkylation sites (N-methyl/N-ethyl adjacent to an activating group) is 1. The van der Waals surface area contributed by atoms with Gasteiger partial charge in [0, 0.05) is 25.2 Å². The second-order valence-electron chi connectivity index (χ2n) is 6.84. The molecule has 2 nitrogen and oxygen atoms in total. The predicted octanol–water partition coefficient (Wildman–Crippen LogP) is 3.67. The molecule has 18 heavy (non-hydrogen) atoms. The summed E-state index contributed by atoms with van der Waals surface area (Å²) < 4.78 is 0. The second kappa shape index (κ2) is 7.49. The highest BCUT2D eigenvalue weighted by Crippen LogP contribution is 2.36. The van der Waals surface area contributed by atoms with Gasteiger partial charge in [-0.3, -0.25) is 0 Å². The molecule has 0 radical (unpaired) electrons. The lowest BCUT2D eigenvalue weighted by Crippen LogP contribution is -2.42. The third-order valence-electron chi connectivity index (χ3n) is 4.82. The number of rotatable bonds is 7. The van der Waals surface area contributed by atoms with E-state index in [0.29, 0.717) is 11.5 Å². The summed E-state index contributed by atoms with van der Waals surface area (Å²) in [7, 11) is 2.30. The molecule has 1 rings (SSSR count). The second-order valence-corrected chi connectivity index (χ2v) is 6.84. The molecule has 0 atom stereocenters. The maximum absolute atomic E-state index is 3.66. The van der Waals surface area contributed by atoms with Gasteiger partial charge in [0.2, 0.25) is 0 Å². The van der Waals surface area contributed by atoms with Crippen molar-refractivity contribution < 1.29 is 0 Å². The first-order valence-electron chi connectivity index (χ1n) is 7.92. The highest BCUT2D eigenvalue weighted by atomic mass is 15.1. The lowest BCUT2D eigenvalue weighted by atomic mass is 9.75. The first-order valence-corrected chi connectivity index (χ1v) is 7.92. The standard InChI is InChI=1S/C16H34N2/c1-6-14(7-2)17-12-13-18(5)15-8-10-16(3,4)11-9-15/h14-15,17H,6-13H2,1-5H3. The van der Waals surface area contributed by atoms with Crippen molar-refractivity contribution in [2.24, 2.45) is 5.41 Å². The van der Waals surface area contributed by atoms with Gasteiger partial charge in [-0.2, -0.15) is 0 Å². The summed E-state index contributed by atoms with van der Waals surface area (Å²) in [4.78, 5) is 2.57. The zero-order chi connectivity index (χ0) is 13.6. The predicted molar refractivity (Wildman–Crippen MR) is 81.0 cm³/mol. The summed E-state index contributed by atoms with van der Waals surface area (Å²) in [6.07, 6.45) is 8.04. The van der Waals surface area contributed by atoms with Crippen molar-refractivity contribution in [3.05, 3.63) is 0 Å².